The first kappa shape index (κ1) is 13.7. The quantitative estimate of drug-likeness (QED) is 0.919. The lowest BCUT2D eigenvalue weighted by molar-refractivity contribution is 0.316. The lowest BCUT2D eigenvalue weighted by Crippen LogP contribution is -2.20. The van der Waals surface area contributed by atoms with E-state index in [1.807, 2.05) is 39.0 Å². The Hall–Kier alpha value is -1.68. The molecule has 0 spiro atoms. The first-order valence-electron chi connectivity index (χ1n) is 6.54. The van der Waals surface area contributed by atoms with Crippen LogP contribution in [0.2, 0.25) is 0 Å². The highest BCUT2D eigenvalue weighted by atomic mass is 16.5. The van der Waals surface area contributed by atoms with Gasteiger partial charge in [-0.3, -0.25) is 0 Å². The molecule has 102 valence electrons. The first-order chi connectivity index (χ1) is 8.89. The fourth-order valence-corrected chi connectivity index (χ4v) is 1.86. The normalized spacial score (nSPS) is 15.2. The van der Waals surface area contributed by atoms with Crippen LogP contribution in [-0.2, 0) is 5.41 Å². The second kappa shape index (κ2) is 5.13. The molecule has 2 aromatic rings. The predicted molar refractivity (Wildman–Crippen MR) is 74.8 cm³/mol. The summed E-state index contributed by atoms with van der Waals surface area (Å²) >= 11 is 0. The molecule has 2 unspecified atom stereocenters. The van der Waals surface area contributed by atoms with Gasteiger partial charge in [0, 0.05) is 11.3 Å². The second-order valence-electron chi connectivity index (χ2n) is 5.93. The average molecular weight is 259 g/mol. The number of nitrogens with two attached hydrogens (primary N) is 1. The van der Waals surface area contributed by atoms with Crippen molar-refractivity contribution in [2.24, 2.45) is 5.73 Å². The van der Waals surface area contributed by atoms with Gasteiger partial charge in [0.05, 0.1) is 6.04 Å². The van der Waals surface area contributed by atoms with Gasteiger partial charge in [-0.2, -0.15) is 4.98 Å². The fraction of sp³-hybridized carbons (Fsp3) is 0.467. The molecule has 0 bridgehead atoms. The molecule has 0 saturated carbocycles. The highest BCUT2D eigenvalue weighted by Crippen LogP contribution is 2.28. The third-order valence-electron chi connectivity index (χ3n) is 3.25. The Morgan fingerprint density at radius 1 is 1.16 bits per heavy atom. The molecule has 0 aliphatic rings. The predicted octanol–water partition coefficient (Wildman–Crippen LogP) is 3.17. The number of hydrogen-bond acceptors (Lipinski definition) is 4. The summed E-state index contributed by atoms with van der Waals surface area (Å²) in [7, 11) is 0. The van der Waals surface area contributed by atoms with Gasteiger partial charge in [-0.05, 0) is 5.56 Å². The van der Waals surface area contributed by atoms with Gasteiger partial charge < -0.3 is 10.3 Å². The van der Waals surface area contributed by atoms with Gasteiger partial charge >= 0.3 is 0 Å². The highest BCUT2D eigenvalue weighted by molar-refractivity contribution is 5.22. The van der Waals surface area contributed by atoms with E-state index in [1.54, 1.807) is 0 Å². The lowest BCUT2D eigenvalue weighted by atomic mass is 9.93. The average Bonchev–Trinajstić information content (AvgIpc) is 2.87. The maximum Gasteiger partial charge on any atom is 0.232 e. The molecule has 0 saturated heterocycles. The molecule has 2 N–H and O–H groups in total. The van der Waals surface area contributed by atoms with Crippen LogP contribution in [0.25, 0.3) is 0 Å². The van der Waals surface area contributed by atoms with Crippen LogP contribution in [0.15, 0.2) is 34.9 Å². The second-order valence-corrected chi connectivity index (χ2v) is 5.93. The van der Waals surface area contributed by atoms with E-state index < -0.39 is 0 Å². The van der Waals surface area contributed by atoms with E-state index in [4.69, 9.17) is 10.3 Å². The van der Waals surface area contributed by atoms with Gasteiger partial charge in [-0.1, -0.05) is 63.2 Å². The summed E-state index contributed by atoms with van der Waals surface area (Å²) in [5, 5.41) is 4.02. The summed E-state index contributed by atoms with van der Waals surface area (Å²) < 4.78 is 5.30. The number of nitrogens with zero attached hydrogens (tertiary/aromatic N) is 2. The molecule has 1 aromatic carbocycles. The van der Waals surface area contributed by atoms with Gasteiger partial charge in [0.1, 0.15) is 0 Å². The Balaban J connectivity index is 2.20. The minimum absolute atomic E-state index is 0.145. The van der Waals surface area contributed by atoms with Crippen molar-refractivity contribution in [2.45, 2.75) is 45.1 Å². The third-order valence-corrected chi connectivity index (χ3v) is 3.25. The molecule has 0 radical (unpaired) electrons. The number of benzene rings is 1. The van der Waals surface area contributed by atoms with Crippen molar-refractivity contribution in [3.63, 3.8) is 0 Å². The van der Waals surface area contributed by atoms with Gasteiger partial charge in [0.2, 0.25) is 5.89 Å². The summed E-state index contributed by atoms with van der Waals surface area (Å²) in [4.78, 5) is 4.43. The zero-order chi connectivity index (χ0) is 14.0. The molecule has 1 aromatic heterocycles. The van der Waals surface area contributed by atoms with Crippen LogP contribution in [0.5, 0.6) is 0 Å². The van der Waals surface area contributed by atoms with Gasteiger partial charge in [-0.25, -0.2) is 0 Å². The Labute approximate surface area is 114 Å². The van der Waals surface area contributed by atoms with Crippen LogP contribution in [0.1, 0.15) is 56.9 Å². The van der Waals surface area contributed by atoms with Crippen LogP contribution in [-0.4, -0.2) is 10.1 Å². The fourth-order valence-electron chi connectivity index (χ4n) is 1.86. The molecular weight excluding hydrogens is 238 g/mol. The Bertz CT molecular complexity index is 528. The van der Waals surface area contributed by atoms with E-state index >= 15 is 0 Å². The van der Waals surface area contributed by atoms with E-state index in [2.05, 4.69) is 29.2 Å². The standard InChI is InChI=1S/C15H21N3O/c1-10(11-8-6-5-7-9-11)12(16)13-17-14(19-18-13)15(2,3)4/h5-10,12H,16H2,1-4H3. The summed E-state index contributed by atoms with van der Waals surface area (Å²) in [5.41, 5.74) is 7.27. The van der Waals surface area contributed by atoms with Crippen LogP contribution < -0.4 is 5.73 Å². The molecule has 0 fully saturated rings. The summed E-state index contributed by atoms with van der Waals surface area (Å²) in [6, 6.07) is 9.88. The largest absolute Gasteiger partial charge is 0.339 e. The Kier molecular flexibility index (Phi) is 3.71. The molecule has 2 rings (SSSR count). The Morgan fingerprint density at radius 3 is 2.32 bits per heavy atom. The van der Waals surface area contributed by atoms with Crippen LogP contribution in [0, 0.1) is 0 Å². The summed E-state index contributed by atoms with van der Waals surface area (Å²) in [6.45, 7) is 8.19. The molecule has 4 nitrogen and oxygen atoms in total. The van der Waals surface area contributed by atoms with Gasteiger partial charge in [0.15, 0.2) is 5.82 Å². The van der Waals surface area contributed by atoms with Crippen molar-refractivity contribution in [3.8, 4) is 0 Å². The van der Waals surface area contributed by atoms with Crippen LogP contribution in [0.3, 0.4) is 0 Å². The monoisotopic (exact) mass is 259 g/mol. The zero-order valence-electron chi connectivity index (χ0n) is 11.9. The van der Waals surface area contributed by atoms with Crippen LogP contribution in [0.4, 0.5) is 0 Å². The van der Waals surface area contributed by atoms with E-state index in [0.29, 0.717) is 11.7 Å². The van der Waals surface area contributed by atoms with Crippen molar-refractivity contribution in [2.75, 3.05) is 0 Å². The van der Waals surface area contributed by atoms with E-state index in [9.17, 15) is 0 Å². The van der Waals surface area contributed by atoms with Crippen LogP contribution >= 0.6 is 0 Å². The first-order valence-corrected chi connectivity index (χ1v) is 6.54. The number of aromatic nitrogens is 2. The van der Waals surface area contributed by atoms with Crippen molar-refractivity contribution in [1.29, 1.82) is 0 Å². The van der Waals surface area contributed by atoms with Crippen molar-refractivity contribution in [3.05, 3.63) is 47.6 Å². The van der Waals surface area contributed by atoms with E-state index in [-0.39, 0.29) is 17.4 Å². The molecular formula is C15H21N3O. The minimum Gasteiger partial charge on any atom is -0.339 e. The maximum atomic E-state index is 6.24. The SMILES string of the molecule is CC(c1ccccc1)C(N)c1noc(C(C)(C)C)n1. The smallest absolute Gasteiger partial charge is 0.232 e. The minimum atomic E-state index is -0.262. The summed E-state index contributed by atoms with van der Waals surface area (Å²) in [5.74, 6) is 1.34. The molecule has 0 aliphatic carbocycles. The third kappa shape index (κ3) is 3.01. The molecule has 19 heavy (non-hydrogen) atoms. The summed E-state index contributed by atoms with van der Waals surface area (Å²) in [6.07, 6.45) is 0. The molecule has 1 heterocycles. The van der Waals surface area contributed by atoms with Crippen molar-refractivity contribution in [1.82, 2.24) is 10.1 Å². The number of hydrogen-bond donors (Lipinski definition) is 1. The molecule has 2 atom stereocenters. The molecule has 0 aliphatic heterocycles. The lowest BCUT2D eigenvalue weighted by Gasteiger charge is -2.17. The zero-order valence-corrected chi connectivity index (χ0v) is 11.9. The topological polar surface area (TPSA) is 64.9 Å². The van der Waals surface area contributed by atoms with E-state index in [1.165, 1.54) is 5.56 Å². The van der Waals surface area contributed by atoms with Gasteiger partial charge in [-0.15, -0.1) is 0 Å². The molecule has 0 amide bonds. The highest BCUT2D eigenvalue weighted by Gasteiger charge is 2.26. The Morgan fingerprint density at radius 2 is 1.79 bits per heavy atom. The van der Waals surface area contributed by atoms with E-state index in [0.717, 1.165) is 0 Å². The molecule has 4 heteroatoms. The maximum absolute atomic E-state index is 6.24. The van der Waals surface area contributed by atoms with Gasteiger partial charge in [0.25, 0.3) is 0 Å². The number of rotatable bonds is 3. The van der Waals surface area contributed by atoms with Crippen molar-refractivity contribution >= 4 is 0 Å². The van der Waals surface area contributed by atoms with Crippen molar-refractivity contribution < 1.29 is 4.52 Å².